The van der Waals surface area contributed by atoms with Crippen LogP contribution in [0, 0.1) is 5.41 Å². The van der Waals surface area contributed by atoms with Crippen molar-refractivity contribution in [1.82, 2.24) is 0 Å². The SMILES string of the molecule is CC(=O)OCc1c(B2OC(C)(C)C(C)(C)O2)cccc1N1CCc2c(sc3c2CC(C)(C)C3)C1=O. The van der Waals surface area contributed by atoms with Crippen LogP contribution in [-0.4, -0.2) is 36.7 Å². The molecule has 1 saturated heterocycles. The molecule has 0 unspecified atom stereocenters. The Morgan fingerprint density at radius 3 is 2.43 bits per heavy atom. The van der Waals surface area contributed by atoms with Crippen LogP contribution in [0.1, 0.15) is 79.7 Å². The number of carbonyl (C=O) groups is 2. The van der Waals surface area contributed by atoms with E-state index in [1.807, 2.05) is 50.8 Å². The molecular formula is C27H34BNO5S. The number of benzene rings is 1. The van der Waals surface area contributed by atoms with Crippen molar-refractivity contribution < 1.29 is 23.6 Å². The first-order valence-electron chi connectivity index (χ1n) is 12.4. The minimum atomic E-state index is -0.617. The van der Waals surface area contributed by atoms with Crippen LogP contribution in [0.2, 0.25) is 0 Å². The molecule has 1 aromatic heterocycles. The van der Waals surface area contributed by atoms with Crippen molar-refractivity contribution in [1.29, 1.82) is 0 Å². The number of thiophene rings is 1. The highest BCUT2D eigenvalue weighted by Crippen LogP contribution is 2.46. The quantitative estimate of drug-likeness (QED) is 0.464. The van der Waals surface area contributed by atoms with E-state index in [0.717, 1.165) is 40.9 Å². The molecule has 1 amide bonds. The highest BCUT2D eigenvalue weighted by molar-refractivity contribution is 7.14. The predicted molar refractivity (Wildman–Crippen MR) is 139 cm³/mol. The Bertz CT molecular complexity index is 1200. The van der Waals surface area contributed by atoms with Gasteiger partial charge in [0.2, 0.25) is 0 Å². The molecule has 0 spiro atoms. The van der Waals surface area contributed by atoms with Crippen molar-refractivity contribution in [3.63, 3.8) is 0 Å². The minimum Gasteiger partial charge on any atom is -0.461 e. The van der Waals surface area contributed by atoms with Gasteiger partial charge in [0.15, 0.2) is 0 Å². The van der Waals surface area contributed by atoms with Gasteiger partial charge in [0.05, 0.1) is 21.8 Å². The maximum absolute atomic E-state index is 13.8. The molecule has 8 heteroatoms. The van der Waals surface area contributed by atoms with Gasteiger partial charge in [-0.1, -0.05) is 26.0 Å². The summed E-state index contributed by atoms with van der Waals surface area (Å²) in [5, 5.41) is 0. The number of nitrogens with zero attached hydrogens (tertiary/aromatic N) is 1. The lowest BCUT2D eigenvalue weighted by atomic mass is 9.75. The van der Waals surface area contributed by atoms with Gasteiger partial charge in [-0.15, -0.1) is 11.3 Å². The van der Waals surface area contributed by atoms with E-state index < -0.39 is 18.3 Å². The smallest absolute Gasteiger partial charge is 0.461 e. The van der Waals surface area contributed by atoms with Crippen LogP contribution in [0.25, 0.3) is 0 Å². The first-order chi connectivity index (χ1) is 16.3. The largest absolute Gasteiger partial charge is 0.495 e. The van der Waals surface area contributed by atoms with E-state index in [9.17, 15) is 9.59 Å². The molecule has 1 aliphatic carbocycles. The minimum absolute atomic E-state index is 0.0265. The lowest BCUT2D eigenvalue weighted by molar-refractivity contribution is -0.142. The Labute approximate surface area is 212 Å². The maximum atomic E-state index is 13.8. The van der Waals surface area contributed by atoms with E-state index in [1.165, 1.54) is 22.9 Å². The Hall–Kier alpha value is -2.16. The number of carbonyl (C=O) groups excluding carboxylic acids is 2. The Balaban J connectivity index is 1.52. The first-order valence-corrected chi connectivity index (χ1v) is 13.2. The van der Waals surface area contributed by atoms with Gasteiger partial charge in [-0.2, -0.15) is 0 Å². The molecule has 35 heavy (non-hydrogen) atoms. The molecule has 5 rings (SSSR count). The van der Waals surface area contributed by atoms with Gasteiger partial charge in [-0.3, -0.25) is 9.59 Å². The highest BCUT2D eigenvalue weighted by Gasteiger charge is 2.52. The van der Waals surface area contributed by atoms with E-state index in [2.05, 4.69) is 13.8 Å². The normalized spacial score (nSPS) is 21.7. The van der Waals surface area contributed by atoms with Gasteiger partial charge in [0, 0.05) is 23.9 Å². The molecule has 1 fully saturated rings. The van der Waals surface area contributed by atoms with Crippen molar-refractivity contribution in [2.45, 2.75) is 85.5 Å². The topological polar surface area (TPSA) is 65.1 Å². The Morgan fingerprint density at radius 1 is 1.09 bits per heavy atom. The lowest BCUT2D eigenvalue weighted by Crippen LogP contribution is -2.42. The second-order valence-corrected chi connectivity index (χ2v) is 12.9. The number of anilines is 1. The number of fused-ring (bicyclic) bond motifs is 3. The van der Waals surface area contributed by atoms with Gasteiger partial charge in [-0.05, 0) is 75.0 Å². The summed E-state index contributed by atoms with van der Waals surface area (Å²) in [6, 6.07) is 5.79. The molecule has 0 N–H and O–H groups in total. The molecule has 3 aliphatic rings. The molecule has 0 atom stereocenters. The molecule has 1 aromatic carbocycles. The summed E-state index contributed by atoms with van der Waals surface area (Å²) in [6.45, 7) is 14.7. The van der Waals surface area contributed by atoms with Gasteiger partial charge in [0.25, 0.3) is 5.91 Å². The summed E-state index contributed by atoms with van der Waals surface area (Å²) in [4.78, 5) is 29.6. The van der Waals surface area contributed by atoms with Gasteiger partial charge in [0.1, 0.15) is 6.61 Å². The number of rotatable bonds is 4. The fourth-order valence-electron chi connectivity index (χ4n) is 5.36. The standard InChI is InChI=1S/C27H34BNO5S/c1-16(30)32-15-19-20(28-33-26(4,5)27(6,7)34-28)9-8-10-21(19)29-12-11-17-18-13-25(2,3)14-22(18)35-23(17)24(29)31/h8-10H,11-15H2,1-7H3. The van der Waals surface area contributed by atoms with Gasteiger partial charge >= 0.3 is 13.1 Å². The third-order valence-electron chi connectivity index (χ3n) is 7.92. The molecule has 3 heterocycles. The zero-order valence-electron chi connectivity index (χ0n) is 21.7. The monoisotopic (exact) mass is 495 g/mol. The zero-order chi connectivity index (χ0) is 25.3. The summed E-state index contributed by atoms with van der Waals surface area (Å²) in [7, 11) is -0.617. The number of ether oxygens (including phenoxy) is 1. The third-order valence-corrected chi connectivity index (χ3v) is 9.19. The van der Waals surface area contributed by atoms with E-state index in [4.69, 9.17) is 14.0 Å². The molecule has 2 aromatic rings. The Morgan fingerprint density at radius 2 is 1.77 bits per heavy atom. The molecule has 2 aliphatic heterocycles. The fourth-order valence-corrected chi connectivity index (χ4v) is 6.93. The fraction of sp³-hybridized carbons (Fsp3) is 0.556. The number of amides is 1. The predicted octanol–water partition coefficient (Wildman–Crippen LogP) is 4.44. The second-order valence-electron chi connectivity index (χ2n) is 11.7. The van der Waals surface area contributed by atoms with Crippen molar-refractivity contribution in [3.05, 3.63) is 44.6 Å². The lowest BCUT2D eigenvalue weighted by Gasteiger charge is -2.32. The van der Waals surface area contributed by atoms with E-state index in [0.29, 0.717) is 6.54 Å². The van der Waals surface area contributed by atoms with Crippen LogP contribution in [0.3, 0.4) is 0 Å². The van der Waals surface area contributed by atoms with Crippen molar-refractivity contribution in [2.24, 2.45) is 5.41 Å². The number of esters is 1. The second kappa shape index (κ2) is 8.18. The number of hydrogen-bond acceptors (Lipinski definition) is 6. The molecule has 186 valence electrons. The van der Waals surface area contributed by atoms with Crippen molar-refractivity contribution >= 4 is 41.5 Å². The van der Waals surface area contributed by atoms with Crippen LogP contribution in [0.4, 0.5) is 5.69 Å². The average molecular weight is 495 g/mol. The maximum Gasteiger partial charge on any atom is 0.495 e. The molecule has 0 radical (unpaired) electrons. The van der Waals surface area contributed by atoms with Gasteiger partial charge in [-0.25, -0.2) is 0 Å². The summed E-state index contributed by atoms with van der Waals surface area (Å²) in [5.74, 6) is -0.345. The summed E-state index contributed by atoms with van der Waals surface area (Å²) in [6.07, 6.45) is 2.90. The van der Waals surface area contributed by atoms with E-state index >= 15 is 0 Å². The third kappa shape index (κ3) is 4.13. The van der Waals surface area contributed by atoms with Crippen LogP contribution in [-0.2, 0) is 44.7 Å². The van der Waals surface area contributed by atoms with E-state index in [-0.39, 0.29) is 23.9 Å². The zero-order valence-corrected chi connectivity index (χ0v) is 22.6. The van der Waals surface area contributed by atoms with Crippen molar-refractivity contribution in [2.75, 3.05) is 11.4 Å². The molecule has 0 saturated carbocycles. The van der Waals surface area contributed by atoms with E-state index in [1.54, 1.807) is 11.3 Å². The van der Waals surface area contributed by atoms with Crippen molar-refractivity contribution in [3.8, 4) is 0 Å². The van der Waals surface area contributed by atoms with Crippen LogP contribution in [0.5, 0.6) is 0 Å². The average Bonchev–Trinajstić information content (AvgIpc) is 3.31. The summed E-state index contributed by atoms with van der Waals surface area (Å²) >= 11 is 1.66. The highest BCUT2D eigenvalue weighted by atomic mass is 32.1. The Kier molecular flexibility index (Phi) is 5.74. The van der Waals surface area contributed by atoms with Gasteiger partial charge < -0.3 is 18.9 Å². The van der Waals surface area contributed by atoms with Crippen LogP contribution in [0.15, 0.2) is 18.2 Å². The molecule has 0 bridgehead atoms. The first kappa shape index (κ1) is 24.5. The van der Waals surface area contributed by atoms with Crippen LogP contribution < -0.4 is 10.4 Å². The van der Waals surface area contributed by atoms with Crippen LogP contribution >= 0.6 is 11.3 Å². The summed E-state index contributed by atoms with van der Waals surface area (Å²) < 4.78 is 18.1. The summed E-state index contributed by atoms with van der Waals surface area (Å²) in [5.41, 5.74) is 4.18. The molecule has 6 nitrogen and oxygen atoms in total. The molecular weight excluding hydrogens is 461 g/mol. The number of hydrogen-bond donors (Lipinski definition) is 0.